The average molecular weight is 423 g/mol. The molecule has 1 heterocycles. The zero-order chi connectivity index (χ0) is 21.8. The van der Waals surface area contributed by atoms with E-state index >= 15 is 0 Å². The highest BCUT2D eigenvalue weighted by Crippen LogP contribution is 2.38. The molecule has 164 valence electrons. The van der Waals surface area contributed by atoms with E-state index in [0.29, 0.717) is 23.3 Å². The van der Waals surface area contributed by atoms with Crippen LogP contribution in [0, 0.1) is 0 Å². The lowest BCUT2D eigenvalue weighted by molar-refractivity contribution is -0.131. The van der Waals surface area contributed by atoms with Crippen molar-refractivity contribution in [3.05, 3.63) is 59.7 Å². The van der Waals surface area contributed by atoms with E-state index < -0.39 is 0 Å². The molecule has 31 heavy (non-hydrogen) atoms. The van der Waals surface area contributed by atoms with Gasteiger partial charge in [0.1, 0.15) is 0 Å². The number of benzene rings is 2. The lowest BCUT2D eigenvalue weighted by Gasteiger charge is -2.41. The van der Waals surface area contributed by atoms with Gasteiger partial charge in [0.05, 0.1) is 27.4 Å². The Kier molecular flexibility index (Phi) is 6.47. The molecule has 2 aromatic carbocycles. The number of hydrogen-bond acceptors (Lipinski definition) is 5. The molecule has 0 radical (unpaired) electrons. The Hall–Kier alpha value is -2.99. The number of carbonyl (C=O) groups excluding carboxylic acids is 1. The van der Waals surface area contributed by atoms with Crippen molar-refractivity contribution in [1.82, 2.24) is 9.80 Å². The first kappa shape index (κ1) is 21.2. The molecule has 1 aliphatic heterocycles. The first-order chi connectivity index (χ1) is 15.1. The fourth-order valence-corrected chi connectivity index (χ4v) is 4.26. The fraction of sp³-hybridized carbons (Fsp3) is 0.400. The first-order valence-electron chi connectivity index (χ1n) is 10.7. The van der Waals surface area contributed by atoms with Crippen molar-refractivity contribution in [2.24, 2.45) is 0 Å². The maximum atomic E-state index is 13.2. The molecule has 4 rings (SSSR count). The quantitative estimate of drug-likeness (QED) is 0.636. The van der Waals surface area contributed by atoms with Crippen LogP contribution in [-0.2, 0) is 4.79 Å². The number of ether oxygens (including phenoxy) is 3. The van der Waals surface area contributed by atoms with Crippen LogP contribution in [0.4, 0.5) is 0 Å². The second-order valence-electron chi connectivity index (χ2n) is 7.98. The highest BCUT2D eigenvalue weighted by Gasteiger charge is 2.37. The fourth-order valence-electron chi connectivity index (χ4n) is 4.26. The predicted octanol–water partition coefficient (Wildman–Crippen LogP) is 3.77. The summed E-state index contributed by atoms with van der Waals surface area (Å²) >= 11 is 0. The Labute approximate surface area is 184 Å². The summed E-state index contributed by atoms with van der Waals surface area (Å²) in [5, 5.41) is 0. The molecule has 1 aliphatic carbocycles. The van der Waals surface area contributed by atoms with Gasteiger partial charge in [0.25, 0.3) is 0 Å². The van der Waals surface area contributed by atoms with E-state index in [2.05, 4.69) is 17.0 Å². The summed E-state index contributed by atoms with van der Waals surface area (Å²) in [5.41, 5.74) is 2.00. The van der Waals surface area contributed by atoms with Crippen LogP contribution in [0.25, 0.3) is 6.08 Å². The third-order valence-corrected chi connectivity index (χ3v) is 6.05. The predicted molar refractivity (Wildman–Crippen MR) is 121 cm³/mol. The maximum absolute atomic E-state index is 13.2. The molecule has 0 aromatic heterocycles. The topological polar surface area (TPSA) is 51.2 Å². The Bertz CT molecular complexity index is 915. The first-order valence-corrected chi connectivity index (χ1v) is 10.7. The van der Waals surface area contributed by atoms with Crippen LogP contribution in [0.5, 0.6) is 17.2 Å². The number of carbonyl (C=O) groups is 1. The molecule has 1 unspecified atom stereocenters. The number of nitrogens with zero attached hydrogens (tertiary/aromatic N) is 2. The third-order valence-electron chi connectivity index (χ3n) is 6.05. The van der Waals surface area contributed by atoms with Gasteiger partial charge in [-0.2, -0.15) is 0 Å². The van der Waals surface area contributed by atoms with Crippen molar-refractivity contribution in [1.29, 1.82) is 0 Å². The van der Waals surface area contributed by atoms with Crippen molar-refractivity contribution < 1.29 is 19.0 Å². The van der Waals surface area contributed by atoms with Crippen LogP contribution in [0.2, 0.25) is 0 Å². The molecular formula is C25H30N2O4. The van der Waals surface area contributed by atoms with E-state index in [1.54, 1.807) is 27.4 Å². The second kappa shape index (κ2) is 9.43. The van der Waals surface area contributed by atoms with Crippen molar-refractivity contribution >= 4 is 12.0 Å². The Morgan fingerprint density at radius 1 is 0.968 bits per heavy atom. The Morgan fingerprint density at radius 3 is 2.23 bits per heavy atom. The number of amides is 1. The SMILES string of the molecule is COc1cc(/C=C/C(=O)N2CCN(C3CC3)CC2c2ccccc2)cc(OC)c1OC. The van der Waals surface area contributed by atoms with Gasteiger partial charge < -0.3 is 19.1 Å². The van der Waals surface area contributed by atoms with Gasteiger partial charge in [0, 0.05) is 31.8 Å². The number of rotatable bonds is 7. The second-order valence-corrected chi connectivity index (χ2v) is 7.98. The van der Waals surface area contributed by atoms with Crippen molar-refractivity contribution in [3.8, 4) is 17.2 Å². The van der Waals surface area contributed by atoms with Crippen LogP contribution in [-0.4, -0.2) is 62.7 Å². The van der Waals surface area contributed by atoms with Crippen LogP contribution >= 0.6 is 0 Å². The Morgan fingerprint density at radius 2 is 1.65 bits per heavy atom. The summed E-state index contributed by atoms with van der Waals surface area (Å²) in [7, 11) is 4.74. The average Bonchev–Trinajstić information content (AvgIpc) is 3.67. The molecule has 6 nitrogen and oxygen atoms in total. The molecule has 0 N–H and O–H groups in total. The van der Waals surface area contributed by atoms with Crippen molar-refractivity contribution in [2.45, 2.75) is 24.9 Å². The van der Waals surface area contributed by atoms with Gasteiger partial charge >= 0.3 is 0 Å². The van der Waals surface area contributed by atoms with Gasteiger partial charge in [-0.1, -0.05) is 30.3 Å². The van der Waals surface area contributed by atoms with Gasteiger partial charge in [-0.3, -0.25) is 9.69 Å². The summed E-state index contributed by atoms with van der Waals surface area (Å²) in [6.07, 6.45) is 6.00. The molecule has 1 saturated heterocycles. The summed E-state index contributed by atoms with van der Waals surface area (Å²) in [6, 6.07) is 14.8. The molecule has 1 atom stereocenters. The summed E-state index contributed by atoms with van der Waals surface area (Å²) in [5.74, 6) is 1.68. The summed E-state index contributed by atoms with van der Waals surface area (Å²) in [4.78, 5) is 17.7. The van der Waals surface area contributed by atoms with Crippen LogP contribution in [0.15, 0.2) is 48.5 Å². The normalized spacial score (nSPS) is 19.5. The smallest absolute Gasteiger partial charge is 0.247 e. The van der Waals surface area contributed by atoms with Gasteiger partial charge in [0.15, 0.2) is 11.5 Å². The molecule has 1 amide bonds. The summed E-state index contributed by atoms with van der Waals surface area (Å²) in [6.45, 7) is 2.55. The molecular weight excluding hydrogens is 392 g/mol. The van der Waals surface area contributed by atoms with E-state index in [-0.39, 0.29) is 11.9 Å². The maximum Gasteiger partial charge on any atom is 0.247 e. The van der Waals surface area contributed by atoms with Crippen LogP contribution in [0.1, 0.15) is 30.0 Å². The van der Waals surface area contributed by atoms with Gasteiger partial charge in [-0.15, -0.1) is 0 Å². The molecule has 1 saturated carbocycles. The molecule has 2 fully saturated rings. The number of hydrogen-bond donors (Lipinski definition) is 0. The highest BCUT2D eigenvalue weighted by atomic mass is 16.5. The number of piperazine rings is 1. The molecule has 0 bridgehead atoms. The minimum atomic E-state index is 0.0121. The summed E-state index contributed by atoms with van der Waals surface area (Å²) < 4.78 is 16.2. The minimum Gasteiger partial charge on any atom is -0.493 e. The highest BCUT2D eigenvalue weighted by molar-refractivity contribution is 5.92. The lowest BCUT2D eigenvalue weighted by Crippen LogP contribution is -2.50. The molecule has 2 aromatic rings. The number of methoxy groups -OCH3 is 3. The zero-order valence-corrected chi connectivity index (χ0v) is 18.4. The van der Waals surface area contributed by atoms with Gasteiger partial charge in [-0.25, -0.2) is 0 Å². The van der Waals surface area contributed by atoms with E-state index in [0.717, 1.165) is 25.2 Å². The molecule has 0 spiro atoms. The third kappa shape index (κ3) is 4.69. The van der Waals surface area contributed by atoms with Crippen LogP contribution in [0.3, 0.4) is 0 Å². The van der Waals surface area contributed by atoms with E-state index in [1.807, 2.05) is 41.3 Å². The minimum absolute atomic E-state index is 0.0121. The molecule has 6 heteroatoms. The Balaban J connectivity index is 1.55. The van der Waals surface area contributed by atoms with Gasteiger partial charge in [0.2, 0.25) is 11.7 Å². The van der Waals surface area contributed by atoms with E-state index in [9.17, 15) is 4.79 Å². The van der Waals surface area contributed by atoms with Crippen molar-refractivity contribution in [3.63, 3.8) is 0 Å². The van der Waals surface area contributed by atoms with Crippen molar-refractivity contribution in [2.75, 3.05) is 41.0 Å². The monoisotopic (exact) mass is 422 g/mol. The van der Waals surface area contributed by atoms with E-state index in [4.69, 9.17) is 14.2 Å². The van der Waals surface area contributed by atoms with Crippen LogP contribution < -0.4 is 14.2 Å². The van der Waals surface area contributed by atoms with Gasteiger partial charge in [-0.05, 0) is 42.2 Å². The lowest BCUT2D eigenvalue weighted by atomic mass is 10.0. The standard InChI is InChI=1S/C25H30N2O4/c1-29-22-15-18(16-23(30-2)25(22)31-3)9-12-24(28)27-14-13-26(20-10-11-20)17-21(27)19-7-5-4-6-8-19/h4-9,12,15-16,20-21H,10-11,13-14,17H2,1-3H3/b12-9+. The van der Waals surface area contributed by atoms with E-state index in [1.165, 1.54) is 18.4 Å². The zero-order valence-electron chi connectivity index (χ0n) is 18.4. The largest absolute Gasteiger partial charge is 0.493 e. The molecule has 2 aliphatic rings.